The quantitative estimate of drug-likeness (QED) is 0.653. The smallest absolute Gasteiger partial charge is 0.316 e. The highest BCUT2D eigenvalue weighted by molar-refractivity contribution is 5.82. The summed E-state index contributed by atoms with van der Waals surface area (Å²) < 4.78 is 5.54. The molecule has 3 nitrogen and oxygen atoms in total. The topological polar surface area (TPSA) is 52.3 Å². The number of rotatable bonds is 5. The zero-order valence-electron chi connectivity index (χ0n) is 12.6. The SMILES string of the molecule is CC(C)CC(C)OC(=O)C(C)(C)c1ccc(N)cc1. The van der Waals surface area contributed by atoms with Gasteiger partial charge in [-0.05, 0) is 50.8 Å². The first-order valence-electron chi connectivity index (χ1n) is 6.80. The molecule has 1 aromatic rings. The Labute approximate surface area is 116 Å². The summed E-state index contributed by atoms with van der Waals surface area (Å²) in [7, 11) is 0. The van der Waals surface area contributed by atoms with E-state index < -0.39 is 5.41 Å². The van der Waals surface area contributed by atoms with Gasteiger partial charge in [0.1, 0.15) is 0 Å². The Hall–Kier alpha value is -1.51. The number of hydrogen-bond donors (Lipinski definition) is 1. The molecule has 0 spiro atoms. The van der Waals surface area contributed by atoms with Crippen LogP contribution in [0.1, 0.15) is 46.6 Å². The highest BCUT2D eigenvalue weighted by Gasteiger charge is 2.32. The number of ether oxygens (including phenoxy) is 1. The fraction of sp³-hybridized carbons (Fsp3) is 0.562. The van der Waals surface area contributed by atoms with Crippen LogP contribution in [0.4, 0.5) is 5.69 Å². The van der Waals surface area contributed by atoms with E-state index >= 15 is 0 Å². The average molecular weight is 263 g/mol. The zero-order chi connectivity index (χ0) is 14.6. The maximum absolute atomic E-state index is 12.3. The molecule has 1 atom stereocenters. The van der Waals surface area contributed by atoms with Crippen LogP contribution in [0.5, 0.6) is 0 Å². The Morgan fingerprint density at radius 1 is 1.21 bits per heavy atom. The van der Waals surface area contributed by atoms with Crippen molar-refractivity contribution in [1.82, 2.24) is 0 Å². The third-order valence-electron chi connectivity index (χ3n) is 3.25. The molecule has 1 rings (SSSR count). The summed E-state index contributed by atoms with van der Waals surface area (Å²) in [5.74, 6) is 0.327. The molecule has 0 radical (unpaired) electrons. The van der Waals surface area contributed by atoms with Gasteiger partial charge >= 0.3 is 5.97 Å². The first-order chi connectivity index (χ1) is 8.73. The van der Waals surface area contributed by atoms with Gasteiger partial charge in [-0.15, -0.1) is 0 Å². The number of carbonyl (C=O) groups excluding carboxylic acids is 1. The summed E-state index contributed by atoms with van der Waals surface area (Å²) in [6.07, 6.45) is 0.823. The third kappa shape index (κ3) is 4.27. The van der Waals surface area contributed by atoms with Crippen molar-refractivity contribution in [1.29, 1.82) is 0 Å². The molecule has 0 saturated heterocycles. The van der Waals surface area contributed by atoms with Crippen molar-refractivity contribution < 1.29 is 9.53 Å². The van der Waals surface area contributed by atoms with Gasteiger partial charge in [-0.1, -0.05) is 26.0 Å². The second-order valence-corrected chi connectivity index (χ2v) is 6.09. The Morgan fingerprint density at radius 2 is 1.74 bits per heavy atom. The van der Waals surface area contributed by atoms with Crippen molar-refractivity contribution in [3.8, 4) is 0 Å². The van der Waals surface area contributed by atoms with Crippen molar-refractivity contribution in [3.05, 3.63) is 29.8 Å². The lowest BCUT2D eigenvalue weighted by molar-refractivity contribution is -0.154. The molecule has 3 heteroatoms. The minimum absolute atomic E-state index is 0.0550. The summed E-state index contributed by atoms with van der Waals surface area (Å²) in [6.45, 7) is 9.94. The summed E-state index contributed by atoms with van der Waals surface area (Å²) in [5, 5.41) is 0. The lowest BCUT2D eigenvalue weighted by Gasteiger charge is -2.26. The van der Waals surface area contributed by atoms with Crippen LogP contribution in [0.2, 0.25) is 0 Å². The molecule has 1 aromatic carbocycles. The molecular weight excluding hydrogens is 238 g/mol. The number of nitrogens with two attached hydrogens (primary N) is 1. The monoisotopic (exact) mass is 263 g/mol. The molecular formula is C16H25NO2. The van der Waals surface area contributed by atoms with E-state index in [0.29, 0.717) is 11.6 Å². The normalized spacial score (nSPS) is 13.4. The molecule has 0 aromatic heterocycles. The first kappa shape index (κ1) is 15.5. The standard InChI is InChI=1S/C16H25NO2/c1-11(2)10-12(3)19-15(18)16(4,5)13-6-8-14(17)9-7-13/h6-9,11-12H,10,17H2,1-5H3. The van der Waals surface area contributed by atoms with Gasteiger partial charge in [0.2, 0.25) is 0 Å². The van der Waals surface area contributed by atoms with E-state index in [1.54, 1.807) is 0 Å². The number of nitrogen functional groups attached to an aromatic ring is 1. The van der Waals surface area contributed by atoms with Gasteiger partial charge in [-0.3, -0.25) is 4.79 Å². The number of anilines is 1. The van der Waals surface area contributed by atoms with Crippen LogP contribution in [0.3, 0.4) is 0 Å². The molecule has 0 bridgehead atoms. The maximum Gasteiger partial charge on any atom is 0.316 e. The lowest BCUT2D eigenvalue weighted by atomic mass is 9.84. The van der Waals surface area contributed by atoms with Gasteiger partial charge in [-0.2, -0.15) is 0 Å². The molecule has 1 unspecified atom stereocenters. The Balaban J connectivity index is 2.76. The number of esters is 1. The number of benzene rings is 1. The minimum atomic E-state index is -0.654. The molecule has 0 aliphatic rings. The van der Waals surface area contributed by atoms with Crippen molar-refractivity contribution >= 4 is 11.7 Å². The highest BCUT2D eigenvalue weighted by atomic mass is 16.5. The van der Waals surface area contributed by atoms with Crippen LogP contribution in [-0.2, 0) is 14.9 Å². The van der Waals surface area contributed by atoms with Gasteiger partial charge in [0.05, 0.1) is 11.5 Å². The molecule has 2 N–H and O–H groups in total. The average Bonchev–Trinajstić information content (AvgIpc) is 2.28. The summed E-state index contributed by atoms with van der Waals surface area (Å²) in [6, 6.07) is 7.37. The van der Waals surface area contributed by atoms with E-state index in [-0.39, 0.29) is 12.1 Å². The van der Waals surface area contributed by atoms with Crippen LogP contribution in [0.15, 0.2) is 24.3 Å². The predicted molar refractivity (Wildman–Crippen MR) is 78.9 cm³/mol. The highest BCUT2D eigenvalue weighted by Crippen LogP contribution is 2.26. The molecule has 0 saturated carbocycles. The summed E-state index contributed by atoms with van der Waals surface area (Å²) in [4.78, 5) is 12.3. The first-order valence-corrected chi connectivity index (χ1v) is 6.80. The Morgan fingerprint density at radius 3 is 2.21 bits per heavy atom. The van der Waals surface area contributed by atoms with Gasteiger partial charge < -0.3 is 10.5 Å². The minimum Gasteiger partial charge on any atom is -0.462 e. The van der Waals surface area contributed by atoms with Crippen LogP contribution in [-0.4, -0.2) is 12.1 Å². The fourth-order valence-corrected chi connectivity index (χ4v) is 2.06. The van der Waals surface area contributed by atoms with E-state index in [9.17, 15) is 4.79 Å². The van der Waals surface area contributed by atoms with Crippen molar-refractivity contribution in [3.63, 3.8) is 0 Å². The molecule has 0 amide bonds. The van der Waals surface area contributed by atoms with E-state index in [1.807, 2.05) is 45.0 Å². The molecule has 106 valence electrons. The lowest BCUT2D eigenvalue weighted by Crippen LogP contribution is -2.33. The summed E-state index contributed by atoms with van der Waals surface area (Å²) >= 11 is 0. The Kier molecular flexibility index (Phi) is 4.98. The third-order valence-corrected chi connectivity index (χ3v) is 3.25. The van der Waals surface area contributed by atoms with E-state index in [2.05, 4.69) is 13.8 Å². The Bertz CT molecular complexity index is 421. The second-order valence-electron chi connectivity index (χ2n) is 6.09. The van der Waals surface area contributed by atoms with E-state index in [1.165, 1.54) is 0 Å². The van der Waals surface area contributed by atoms with Crippen LogP contribution < -0.4 is 5.73 Å². The predicted octanol–water partition coefficient (Wildman–Crippen LogP) is 3.52. The molecule has 0 fully saturated rings. The van der Waals surface area contributed by atoms with Crippen LogP contribution >= 0.6 is 0 Å². The van der Waals surface area contributed by atoms with Gasteiger partial charge in [0.15, 0.2) is 0 Å². The fourth-order valence-electron chi connectivity index (χ4n) is 2.06. The number of carbonyl (C=O) groups is 1. The van der Waals surface area contributed by atoms with Crippen molar-refractivity contribution in [2.45, 2.75) is 52.6 Å². The van der Waals surface area contributed by atoms with Crippen molar-refractivity contribution in [2.75, 3.05) is 5.73 Å². The number of hydrogen-bond acceptors (Lipinski definition) is 3. The van der Waals surface area contributed by atoms with Gasteiger partial charge in [0.25, 0.3) is 0 Å². The zero-order valence-corrected chi connectivity index (χ0v) is 12.6. The summed E-state index contributed by atoms with van der Waals surface area (Å²) in [5.41, 5.74) is 6.63. The molecule has 0 aliphatic carbocycles. The molecule has 0 aliphatic heterocycles. The van der Waals surface area contributed by atoms with Crippen LogP contribution in [0, 0.1) is 5.92 Å². The van der Waals surface area contributed by atoms with Crippen LogP contribution in [0.25, 0.3) is 0 Å². The molecule has 19 heavy (non-hydrogen) atoms. The maximum atomic E-state index is 12.3. The van der Waals surface area contributed by atoms with Crippen molar-refractivity contribution in [2.24, 2.45) is 5.92 Å². The van der Waals surface area contributed by atoms with E-state index in [0.717, 1.165) is 12.0 Å². The second kappa shape index (κ2) is 6.09. The van der Waals surface area contributed by atoms with Gasteiger partial charge in [0, 0.05) is 5.69 Å². The largest absolute Gasteiger partial charge is 0.462 e. The molecule has 0 heterocycles. The van der Waals surface area contributed by atoms with Gasteiger partial charge in [-0.25, -0.2) is 0 Å². The van der Waals surface area contributed by atoms with E-state index in [4.69, 9.17) is 10.5 Å².